The molecule has 0 aromatic carbocycles. The van der Waals surface area contributed by atoms with E-state index >= 15 is 0 Å². The van der Waals surface area contributed by atoms with E-state index in [1.54, 1.807) is 0 Å². The zero-order chi connectivity index (χ0) is 25.3. The normalized spacial score (nSPS) is 40.7. The number of amides is 1. The van der Waals surface area contributed by atoms with Gasteiger partial charge in [0, 0.05) is 19.0 Å². The fourth-order valence-electron chi connectivity index (χ4n) is 8.74. The van der Waals surface area contributed by atoms with E-state index in [9.17, 15) is 9.90 Å². The van der Waals surface area contributed by atoms with Crippen molar-refractivity contribution in [3.63, 3.8) is 0 Å². The van der Waals surface area contributed by atoms with Crippen LogP contribution in [0.2, 0.25) is 0 Å². The number of carbonyl (C=O) groups is 1. The molecule has 0 heterocycles. The Morgan fingerprint density at radius 1 is 1.11 bits per heavy atom. The second-order valence-corrected chi connectivity index (χ2v) is 12.5. The molecule has 0 aromatic heterocycles. The van der Waals surface area contributed by atoms with Crippen molar-refractivity contribution < 1.29 is 14.6 Å². The molecule has 3 fully saturated rings. The fourth-order valence-corrected chi connectivity index (χ4v) is 8.74. The fraction of sp³-hybridized carbons (Fsp3) is 0.833. The number of hydrogen-bond acceptors (Lipinski definition) is 4. The summed E-state index contributed by atoms with van der Waals surface area (Å²) in [5.41, 5.74) is 2.35. The second-order valence-electron chi connectivity index (χ2n) is 12.5. The number of allylic oxidation sites excluding steroid dienone is 2. The van der Waals surface area contributed by atoms with Crippen LogP contribution >= 0.6 is 0 Å². The van der Waals surface area contributed by atoms with Gasteiger partial charge in [0.15, 0.2) is 0 Å². The van der Waals surface area contributed by atoms with Gasteiger partial charge in [-0.1, -0.05) is 51.2 Å². The van der Waals surface area contributed by atoms with Gasteiger partial charge in [-0.25, -0.2) is 4.79 Å². The Balaban J connectivity index is 1.43. The summed E-state index contributed by atoms with van der Waals surface area (Å²) in [6.45, 7) is 9.93. The predicted octanol–water partition coefficient (Wildman–Crippen LogP) is 6.48. The SMILES string of the molecule is CCCCCCNC(=O)O[C@@H]1C=C2CCC3C(CC[C@]4(C)[C@@H](/C(C)=C/NC)CC[C@]34O)[C@@]2(C)CC1. The monoisotopic (exact) mass is 486 g/mol. The first-order valence-corrected chi connectivity index (χ1v) is 14.4. The number of unbranched alkanes of at least 4 members (excludes halogenated alkanes) is 3. The van der Waals surface area contributed by atoms with Crippen molar-refractivity contribution in [1.82, 2.24) is 10.6 Å². The molecule has 3 N–H and O–H groups in total. The molecule has 4 rings (SSSR count). The lowest BCUT2D eigenvalue weighted by atomic mass is 9.45. The van der Waals surface area contributed by atoms with Crippen LogP contribution in [0.1, 0.15) is 105 Å². The molecule has 2 unspecified atom stereocenters. The first-order chi connectivity index (χ1) is 16.7. The third-order valence-corrected chi connectivity index (χ3v) is 10.7. The molecule has 1 amide bonds. The van der Waals surface area contributed by atoms with Crippen LogP contribution < -0.4 is 10.6 Å². The van der Waals surface area contributed by atoms with Gasteiger partial charge in [0.25, 0.3) is 0 Å². The molecule has 0 aliphatic heterocycles. The summed E-state index contributed by atoms with van der Waals surface area (Å²) in [4.78, 5) is 12.3. The molecule has 4 aliphatic carbocycles. The largest absolute Gasteiger partial charge is 0.442 e. The summed E-state index contributed by atoms with van der Waals surface area (Å²) in [6, 6.07) is 0. The summed E-state index contributed by atoms with van der Waals surface area (Å²) in [5, 5.41) is 18.5. The molecule has 0 spiro atoms. The number of rotatable bonds is 8. The van der Waals surface area contributed by atoms with Crippen molar-refractivity contribution in [2.24, 2.45) is 28.6 Å². The smallest absolute Gasteiger partial charge is 0.407 e. The minimum absolute atomic E-state index is 0.0429. The van der Waals surface area contributed by atoms with Gasteiger partial charge < -0.3 is 20.5 Å². The molecule has 198 valence electrons. The van der Waals surface area contributed by atoms with E-state index in [1.165, 1.54) is 30.4 Å². The first-order valence-electron chi connectivity index (χ1n) is 14.4. The molecule has 35 heavy (non-hydrogen) atoms. The van der Waals surface area contributed by atoms with Gasteiger partial charge in [-0.05, 0) is 100 Å². The van der Waals surface area contributed by atoms with E-state index in [-0.39, 0.29) is 23.0 Å². The summed E-state index contributed by atoms with van der Waals surface area (Å²) >= 11 is 0. The van der Waals surface area contributed by atoms with Crippen molar-refractivity contribution in [3.8, 4) is 0 Å². The van der Waals surface area contributed by atoms with Gasteiger partial charge in [0.05, 0.1) is 5.60 Å². The number of alkyl carbamates (subject to hydrolysis) is 1. The number of fused-ring (bicyclic) bond motifs is 5. The zero-order valence-corrected chi connectivity index (χ0v) is 22.9. The second kappa shape index (κ2) is 10.5. The van der Waals surface area contributed by atoms with Crippen LogP contribution in [0, 0.1) is 28.6 Å². The molecule has 0 saturated heterocycles. The average Bonchev–Trinajstić information content (AvgIpc) is 3.10. The minimum atomic E-state index is -0.580. The molecule has 0 aromatic rings. The quantitative estimate of drug-likeness (QED) is 0.271. The summed E-state index contributed by atoms with van der Waals surface area (Å²) in [7, 11) is 1.97. The van der Waals surface area contributed by atoms with Crippen molar-refractivity contribution in [1.29, 1.82) is 0 Å². The van der Waals surface area contributed by atoms with Gasteiger partial charge in [-0.2, -0.15) is 0 Å². The molecule has 3 saturated carbocycles. The van der Waals surface area contributed by atoms with Crippen molar-refractivity contribution in [3.05, 3.63) is 23.4 Å². The molecular weight excluding hydrogens is 436 g/mol. The maximum Gasteiger partial charge on any atom is 0.407 e. The van der Waals surface area contributed by atoms with Crippen LogP contribution in [0.4, 0.5) is 4.79 Å². The van der Waals surface area contributed by atoms with Crippen molar-refractivity contribution in [2.75, 3.05) is 13.6 Å². The van der Waals surface area contributed by atoms with Gasteiger partial charge in [-0.3, -0.25) is 0 Å². The molecular formula is C30H50N2O3. The molecule has 7 atom stereocenters. The highest BCUT2D eigenvalue weighted by Crippen LogP contribution is 2.69. The lowest BCUT2D eigenvalue weighted by molar-refractivity contribution is -0.181. The highest BCUT2D eigenvalue weighted by atomic mass is 16.6. The Labute approximate surface area is 213 Å². The predicted molar refractivity (Wildman–Crippen MR) is 142 cm³/mol. The minimum Gasteiger partial charge on any atom is -0.442 e. The summed E-state index contributed by atoms with van der Waals surface area (Å²) in [6.07, 6.45) is 16.9. The Bertz CT molecular complexity index is 837. The van der Waals surface area contributed by atoms with Gasteiger partial charge in [0.1, 0.15) is 6.10 Å². The highest BCUT2D eigenvalue weighted by molar-refractivity contribution is 5.67. The van der Waals surface area contributed by atoms with E-state index in [0.29, 0.717) is 24.3 Å². The van der Waals surface area contributed by atoms with Gasteiger partial charge >= 0.3 is 6.09 Å². The Hall–Kier alpha value is -1.49. The van der Waals surface area contributed by atoms with Crippen LogP contribution in [-0.4, -0.2) is 36.5 Å². The van der Waals surface area contributed by atoms with Crippen LogP contribution in [0.25, 0.3) is 0 Å². The standard InChI is InChI=1S/C30H50N2O3/c1-6-7-8-9-18-32-27(33)35-23-12-15-28(3)22(19-23)10-11-26-25(28)13-16-29(4)24(21(2)20-31-5)14-17-30(26,29)34/h19-20,23-26,31,34H,6-18H2,1-5H3,(H,32,33)/b21-20+/t23-,24+,25?,26?,28-,29+,30-/m0/s1. The Morgan fingerprint density at radius 2 is 1.91 bits per heavy atom. The topological polar surface area (TPSA) is 70.6 Å². The lowest BCUT2D eigenvalue weighted by Crippen LogP contribution is -2.60. The van der Waals surface area contributed by atoms with Crippen LogP contribution in [0.5, 0.6) is 0 Å². The lowest BCUT2D eigenvalue weighted by Gasteiger charge is -2.62. The van der Waals surface area contributed by atoms with E-state index in [1.807, 2.05) is 7.05 Å². The van der Waals surface area contributed by atoms with Crippen LogP contribution in [0.3, 0.4) is 0 Å². The van der Waals surface area contributed by atoms with E-state index in [4.69, 9.17) is 4.74 Å². The number of ether oxygens (including phenoxy) is 1. The zero-order valence-electron chi connectivity index (χ0n) is 22.9. The first kappa shape index (κ1) is 26.6. The van der Waals surface area contributed by atoms with Crippen LogP contribution in [-0.2, 0) is 4.74 Å². The van der Waals surface area contributed by atoms with E-state index in [0.717, 1.165) is 57.8 Å². The van der Waals surface area contributed by atoms with Crippen LogP contribution in [0.15, 0.2) is 23.4 Å². The average molecular weight is 487 g/mol. The Kier molecular flexibility index (Phi) is 7.95. The van der Waals surface area contributed by atoms with Gasteiger partial charge in [-0.15, -0.1) is 0 Å². The van der Waals surface area contributed by atoms with Crippen molar-refractivity contribution in [2.45, 2.75) is 116 Å². The molecule has 0 radical (unpaired) electrons. The maximum absolute atomic E-state index is 12.3. The number of aliphatic hydroxyl groups is 1. The number of carbonyl (C=O) groups excluding carboxylic acids is 1. The van der Waals surface area contributed by atoms with E-state index < -0.39 is 5.60 Å². The van der Waals surface area contributed by atoms with Crippen molar-refractivity contribution >= 4 is 6.09 Å². The number of nitrogens with one attached hydrogen (secondary N) is 2. The molecule has 5 heteroatoms. The van der Waals surface area contributed by atoms with Gasteiger partial charge in [0.2, 0.25) is 0 Å². The third-order valence-electron chi connectivity index (χ3n) is 10.7. The molecule has 4 aliphatic rings. The Morgan fingerprint density at radius 3 is 2.66 bits per heavy atom. The molecule has 0 bridgehead atoms. The number of hydrogen-bond donors (Lipinski definition) is 3. The maximum atomic E-state index is 12.3. The van der Waals surface area contributed by atoms with E-state index in [2.05, 4.69) is 50.6 Å². The highest BCUT2D eigenvalue weighted by Gasteiger charge is 2.66. The molecule has 5 nitrogen and oxygen atoms in total. The summed E-state index contributed by atoms with van der Waals surface area (Å²) < 4.78 is 5.81. The third kappa shape index (κ3) is 4.67. The summed E-state index contributed by atoms with van der Waals surface area (Å²) in [5.74, 6) is 1.33.